The molecule has 0 amide bonds. The maximum Gasteiger partial charge on any atom is 0.0401 e. The maximum atomic E-state index is 2.67. The number of anilines is 1. The van der Waals surface area contributed by atoms with E-state index in [2.05, 4.69) is 57.7 Å². The predicted octanol–water partition coefficient (Wildman–Crippen LogP) is 5.34. The second-order valence-electron chi connectivity index (χ2n) is 8.65. The summed E-state index contributed by atoms with van der Waals surface area (Å²) in [7, 11) is 0. The first-order valence-electron chi connectivity index (χ1n) is 8.74. The van der Waals surface area contributed by atoms with Crippen molar-refractivity contribution in [2.45, 2.75) is 65.2 Å². The van der Waals surface area contributed by atoms with E-state index in [-0.39, 0.29) is 5.41 Å². The van der Waals surface area contributed by atoms with Crippen LogP contribution in [0.15, 0.2) is 18.2 Å². The normalized spacial score (nSPS) is 27.0. The summed E-state index contributed by atoms with van der Waals surface area (Å²) in [6, 6.07) is 7.29. The van der Waals surface area contributed by atoms with Gasteiger partial charge in [0.15, 0.2) is 0 Å². The number of hydrogen-bond acceptors (Lipinski definition) is 1. The molecular formula is C20H31N. The number of hydrogen-bond donors (Lipinski definition) is 0. The Kier molecular flexibility index (Phi) is 3.80. The molecule has 1 heterocycles. The highest BCUT2D eigenvalue weighted by Crippen LogP contribution is 2.46. The van der Waals surface area contributed by atoms with Crippen molar-refractivity contribution >= 4 is 5.69 Å². The van der Waals surface area contributed by atoms with E-state index in [1.165, 1.54) is 43.6 Å². The molecule has 0 radical (unpaired) electrons. The summed E-state index contributed by atoms with van der Waals surface area (Å²) in [6.45, 7) is 14.3. The van der Waals surface area contributed by atoms with Crippen molar-refractivity contribution in [3.63, 3.8) is 0 Å². The first kappa shape index (κ1) is 14.9. The molecule has 1 aliphatic heterocycles. The fraction of sp³-hybridized carbons (Fsp3) is 0.700. The summed E-state index contributed by atoms with van der Waals surface area (Å²) in [5, 5.41) is 0. The molecule has 2 atom stereocenters. The quantitative estimate of drug-likeness (QED) is 0.708. The summed E-state index contributed by atoms with van der Waals surface area (Å²) in [6.07, 6.45) is 4.16. The van der Waals surface area contributed by atoms with Crippen molar-refractivity contribution in [1.82, 2.24) is 0 Å². The molecule has 1 saturated heterocycles. The summed E-state index contributed by atoms with van der Waals surface area (Å²) in [5.74, 6) is 2.47. The van der Waals surface area contributed by atoms with Crippen LogP contribution in [0, 0.1) is 11.8 Å². The largest absolute Gasteiger partial charge is 0.371 e. The lowest BCUT2D eigenvalue weighted by Gasteiger charge is -2.38. The molecule has 0 N–H and O–H groups in total. The lowest BCUT2D eigenvalue weighted by Crippen LogP contribution is -2.39. The van der Waals surface area contributed by atoms with E-state index in [0.717, 1.165) is 17.8 Å². The molecule has 2 aliphatic rings. The average Bonchev–Trinajstić information content (AvgIpc) is 3.20. The van der Waals surface area contributed by atoms with E-state index in [1.54, 1.807) is 5.56 Å². The van der Waals surface area contributed by atoms with Gasteiger partial charge in [-0.25, -0.2) is 0 Å². The highest BCUT2D eigenvalue weighted by Gasteiger charge is 2.31. The van der Waals surface area contributed by atoms with Gasteiger partial charge in [0, 0.05) is 18.8 Å². The first-order valence-corrected chi connectivity index (χ1v) is 8.74. The summed E-state index contributed by atoms with van der Waals surface area (Å²) >= 11 is 0. The highest BCUT2D eigenvalue weighted by molar-refractivity contribution is 5.59. The minimum Gasteiger partial charge on any atom is -0.371 e. The lowest BCUT2D eigenvalue weighted by molar-refractivity contribution is 0.356. The van der Waals surface area contributed by atoms with E-state index < -0.39 is 0 Å². The van der Waals surface area contributed by atoms with Crippen LogP contribution in [0.1, 0.15) is 70.9 Å². The Bertz CT molecular complexity index is 497. The summed E-state index contributed by atoms with van der Waals surface area (Å²) in [5.41, 5.74) is 4.91. The molecule has 116 valence electrons. The summed E-state index contributed by atoms with van der Waals surface area (Å²) < 4.78 is 0. The Balaban J connectivity index is 1.94. The van der Waals surface area contributed by atoms with Crippen molar-refractivity contribution in [3.05, 3.63) is 29.3 Å². The Hall–Kier alpha value is -0.980. The number of rotatable bonds is 2. The average molecular weight is 285 g/mol. The van der Waals surface area contributed by atoms with E-state index in [0.29, 0.717) is 0 Å². The van der Waals surface area contributed by atoms with Crippen LogP contribution in [0.2, 0.25) is 0 Å². The SMILES string of the molecule is CC1CC(C)CN(c2ccc(C(C)(C)C)cc2C2CC2)C1. The Morgan fingerprint density at radius 2 is 1.62 bits per heavy atom. The fourth-order valence-electron chi connectivity index (χ4n) is 3.89. The topological polar surface area (TPSA) is 3.24 Å². The second-order valence-corrected chi connectivity index (χ2v) is 8.65. The van der Waals surface area contributed by atoms with Crippen LogP contribution >= 0.6 is 0 Å². The van der Waals surface area contributed by atoms with Gasteiger partial charge in [0.1, 0.15) is 0 Å². The van der Waals surface area contributed by atoms with Crippen molar-refractivity contribution in [3.8, 4) is 0 Å². The first-order chi connectivity index (χ1) is 9.84. The molecule has 21 heavy (non-hydrogen) atoms. The Morgan fingerprint density at radius 3 is 2.14 bits per heavy atom. The van der Waals surface area contributed by atoms with E-state index in [1.807, 2.05) is 0 Å². The minimum absolute atomic E-state index is 0.255. The molecule has 1 nitrogen and oxygen atoms in total. The van der Waals surface area contributed by atoms with Gasteiger partial charge in [0.25, 0.3) is 0 Å². The molecule has 0 aromatic heterocycles. The monoisotopic (exact) mass is 285 g/mol. The van der Waals surface area contributed by atoms with Gasteiger partial charge in [-0.15, -0.1) is 0 Å². The van der Waals surface area contributed by atoms with E-state index >= 15 is 0 Å². The van der Waals surface area contributed by atoms with Gasteiger partial charge < -0.3 is 4.90 Å². The molecule has 1 saturated carbocycles. The van der Waals surface area contributed by atoms with Crippen LogP contribution < -0.4 is 4.90 Å². The van der Waals surface area contributed by atoms with Gasteiger partial charge in [0.2, 0.25) is 0 Å². The molecule has 1 heteroatoms. The second kappa shape index (κ2) is 5.34. The molecular weight excluding hydrogens is 254 g/mol. The number of benzene rings is 1. The summed E-state index contributed by atoms with van der Waals surface area (Å²) in [4.78, 5) is 2.67. The van der Waals surface area contributed by atoms with Crippen LogP contribution in [0.3, 0.4) is 0 Å². The van der Waals surface area contributed by atoms with Gasteiger partial charge in [-0.05, 0) is 59.6 Å². The molecule has 3 rings (SSSR count). The van der Waals surface area contributed by atoms with Crippen LogP contribution in [0.5, 0.6) is 0 Å². The van der Waals surface area contributed by atoms with Crippen molar-refractivity contribution < 1.29 is 0 Å². The lowest BCUT2D eigenvalue weighted by atomic mass is 9.84. The van der Waals surface area contributed by atoms with E-state index in [4.69, 9.17) is 0 Å². The third-order valence-corrected chi connectivity index (χ3v) is 5.12. The zero-order chi connectivity index (χ0) is 15.2. The van der Waals surface area contributed by atoms with Crippen LogP contribution in [-0.2, 0) is 5.41 Å². The maximum absolute atomic E-state index is 2.67. The van der Waals surface area contributed by atoms with Gasteiger partial charge in [-0.2, -0.15) is 0 Å². The third kappa shape index (κ3) is 3.27. The van der Waals surface area contributed by atoms with Crippen molar-refractivity contribution in [1.29, 1.82) is 0 Å². The van der Waals surface area contributed by atoms with Gasteiger partial charge in [0.05, 0.1) is 0 Å². The Labute approximate surface area is 130 Å². The van der Waals surface area contributed by atoms with E-state index in [9.17, 15) is 0 Å². The highest BCUT2D eigenvalue weighted by atomic mass is 15.1. The minimum atomic E-state index is 0.255. The number of nitrogens with zero attached hydrogens (tertiary/aromatic N) is 1. The van der Waals surface area contributed by atoms with Gasteiger partial charge in [-0.3, -0.25) is 0 Å². The smallest absolute Gasteiger partial charge is 0.0401 e. The van der Waals surface area contributed by atoms with Crippen molar-refractivity contribution in [2.24, 2.45) is 11.8 Å². The van der Waals surface area contributed by atoms with Crippen molar-refractivity contribution in [2.75, 3.05) is 18.0 Å². The Morgan fingerprint density at radius 1 is 1.00 bits per heavy atom. The van der Waals surface area contributed by atoms with Gasteiger partial charge in [-0.1, -0.05) is 46.8 Å². The van der Waals surface area contributed by atoms with Gasteiger partial charge >= 0.3 is 0 Å². The molecule has 1 aromatic carbocycles. The third-order valence-electron chi connectivity index (χ3n) is 5.12. The zero-order valence-electron chi connectivity index (χ0n) is 14.4. The standard InChI is InChI=1S/C20H31N/c1-14-10-15(2)13-21(12-14)19-9-8-17(20(3,4)5)11-18(19)16-6-7-16/h8-9,11,14-16H,6-7,10,12-13H2,1-5H3. The number of piperidine rings is 1. The predicted molar refractivity (Wildman–Crippen MR) is 92.3 cm³/mol. The molecule has 0 spiro atoms. The molecule has 1 aliphatic carbocycles. The van der Waals surface area contributed by atoms with Crippen LogP contribution in [-0.4, -0.2) is 13.1 Å². The fourth-order valence-corrected chi connectivity index (χ4v) is 3.89. The van der Waals surface area contributed by atoms with Crippen LogP contribution in [0.4, 0.5) is 5.69 Å². The molecule has 1 aromatic rings. The van der Waals surface area contributed by atoms with Crippen LogP contribution in [0.25, 0.3) is 0 Å². The molecule has 2 unspecified atom stereocenters. The zero-order valence-corrected chi connectivity index (χ0v) is 14.4. The molecule has 0 bridgehead atoms. The molecule has 2 fully saturated rings.